The van der Waals surface area contributed by atoms with E-state index in [1.54, 1.807) is 0 Å². The molecule has 0 bridgehead atoms. The van der Waals surface area contributed by atoms with Crippen molar-refractivity contribution < 1.29 is 20.1 Å². The summed E-state index contributed by atoms with van der Waals surface area (Å²) in [5.74, 6) is 0. The molecule has 0 saturated heterocycles. The summed E-state index contributed by atoms with van der Waals surface area (Å²) in [6, 6.07) is 49.7. The van der Waals surface area contributed by atoms with Crippen molar-refractivity contribution in [3.8, 4) is 44.8 Å². The fraction of sp³-hybridized carbons (Fsp3) is 0.224. The van der Waals surface area contributed by atoms with Crippen LogP contribution in [0, 0.1) is 12.1 Å². The van der Waals surface area contributed by atoms with Gasteiger partial charge in [0.25, 0.3) is 0 Å². The molecule has 2 heterocycles. The number of nitrogens with zero attached hydrogens (tertiary/aromatic N) is 2. The van der Waals surface area contributed by atoms with Crippen LogP contribution in [0.2, 0.25) is 0 Å². The van der Waals surface area contributed by atoms with Crippen LogP contribution in [0.3, 0.4) is 0 Å². The maximum absolute atomic E-state index is 4.66. The molecule has 0 aliphatic heterocycles. The first-order valence-electron chi connectivity index (χ1n) is 17.9. The minimum Gasteiger partial charge on any atom is -0.305 e. The van der Waals surface area contributed by atoms with Crippen LogP contribution in [-0.4, -0.2) is 9.97 Å². The predicted octanol–water partition coefficient (Wildman–Crippen LogP) is 12.8. The number of hydrogen-bond acceptors (Lipinski definition) is 2. The Morgan fingerprint density at radius 3 is 1.79 bits per heavy atom. The van der Waals surface area contributed by atoms with Crippen molar-refractivity contribution >= 4 is 10.8 Å². The molecule has 1 aliphatic rings. The van der Waals surface area contributed by atoms with E-state index in [0.717, 1.165) is 22.5 Å². The van der Waals surface area contributed by atoms with E-state index < -0.39 is 0 Å². The van der Waals surface area contributed by atoms with Crippen LogP contribution in [0.1, 0.15) is 77.6 Å². The maximum Gasteiger partial charge on any atom is 0.0163 e. The molecule has 0 unspecified atom stereocenters. The standard InChI is InChI=1S/C28H26N.C21H20N.Ir/c1-27(2,3)20-14-15-29-25(17-20)19-11-12-22-23-13-10-18-8-6-7-9-21(18)26(23)28(4,5)24(22)16-19;1-21(2,3)19-12-13-22-20(15-19)18-11-7-10-17(14-18)16-8-5-4-6-9-16;/h6-10,12-17H,1-5H3;4-10,12-15H,1-3H3;/q2*-1;. The summed E-state index contributed by atoms with van der Waals surface area (Å²) in [5, 5.41) is 2.65. The van der Waals surface area contributed by atoms with Crippen molar-refractivity contribution in [1.82, 2.24) is 9.97 Å². The normalized spacial score (nSPS) is 13.0. The SMILES string of the molecule is CC(C)(C)c1ccnc(-c2[c-]cc3c(c2)C(C)(C)c2c-3ccc3ccccc23)c1.CC(C)(C)c1ccnc(-c2[c-]ccc(-c3ccccc3)c2)c1.[Ir]. The van der Waals surface area contributed by atoms with Crippen molar-refractivity contribution in [1.29, 1.82) is 0 Å². The van der Waals surface area contributed by atoms with Crippen LogP contribution in [0.4, 0.5) is 0 Å². The summed E-state index contributed by atoms with van der Waals surface area (Å²) in [6.07, 6.45) is 3.81. The molecule has 0 spiro atoms. The topological polar surface area (TPSA) is 25.8 Å². The van der Waals surface area contributed by atoms with Gasteiger partial charge in [-0.25, -0.2) is 0 Å². The Hall–Kier alpha value is -4.69. The largest absolute Gasteiger partial charge is 0.305 e. The fourth-order valence-corrected chi connectivity index (χ4v) is 7.20. The van der Waals surface area contributed by atoms with Crippen molar-refractivity contribution in [2.45, 2.75) is 71.6 Å². The van der Waals surface area contributed by atoms with Crippen LogP contribution in [0.5, 0.6) is 0 Å². The van der Waals surface area contributed by atoms with Crippen LogP contribution < -0.4 is 0 Å². The predicted molar refractivity (Wildman–Crippen MR) is 215 cm³/mol. The zero-order valence-corrected chi connectivity index (χ0v) is 33.8. The van der Waals surface area contributed by atoms with E-state index in [4.69, 9.17) is 0 Å². The molecule has 0 saturated carbocycles. The second kappa shape index (κ2) is 14.4. The average Bonchev–Trinajstić information content (AvgIpc) is 3.37. The van der Waals surface area contributed by atoms with Gasteiger partial charge < -0.3 is 9.97 Å². The molecule has 0 N–H and O–H groups in total. The van der Waals surface area contributed by atoms with Gasteiger partial charge in [-0.1, -0.05) is 145 Å². The molecule has 8 rings (SSSR count). The molecular formula is C49H46IrN2-2. The Morgan fingerprint density at radius 1 is 0.558 bits per heavy atom. The van der Waals surface area contributed by atoms with E-state index in [-0.39, 0.29) is 36.4 Å². The quantitative estimate of drug-likeness (QED) is 0.166. The summed E-state index contributed by atoms with van der Waals surface area (Å²) >= 11 is 0. The van der Waals surface area contributed by atoms with Crippen LogP contribution >= 0.6 is 0 Å². The number of fused-ring (bicyclic) bond motifs is 5. The Balaban J connectivity index is 0.000000182. The number of pyridine rings is 2. The minimum absolute atomic E-state index is 0. The number of rotatable bonds is 3. The molecule has 2 aromatic heterocycles. The van der Waals surface area contributed by atoms with E-state index >= 15 is 0 Å². The van der Waals surface area contributed by atoms with Gasteiger partial charge in [0.2, 0.25) is 0 Å². The monoisotopic (exact) mass is 855 g/mol. The molecule has 0 amide bonds. The smallest absolute Gasteiger partial charge is 0.0163 e. The molecule has 1 aliphatic carbocycles. The van der Waals surface area contributed by atoms with Crippen LogP contribution in [-0.2, 0) is 36.4 Å². The molecule has 2 nitrogen and oxygen atoms in total. The van der Waals surface area contributed by atoms with Gasteiger partial charge in [-0.2, -0.15) is 0 Å². The van der Waals surface area contributed by atoms with Crippen molar-refractivity contribution in [2.75, 3.05) is 0 Å². The molecule has 263 valence electrons. The average molecular weight is 855 g/mol. The Bertz CT molecular complexity index is 2360. The summed E-state index contributed by atoms with van der Waals surface area (Å²) in [6.45, 7) is 18.1. The molecule has 7 aromatic rings. The summed E-state index contributed by atoms with van der Waals surface area (Å²) in [5.41, 5.74) is 14.6. The number of aromatic nitrogens is 2. The Labute approximate surface area is 323 Å². The summed E-state index contributed by atoms with van der Waals surface area (Å²) < 4.78 is 0. The van der Waals surface area contributed by atoms with Crippen molar-refractivity contribution in [3.05, 3.63) is 168 Å². The zero-order valence-electron chi connectivity index (χ0n) is 31.4. The molecule has 3 heteroatoms. The van der Waals surface area contributed by atoms with Gasteiger partial charge in [-0.15, -0.1) is 64.7 Å². The van der Waals surface area contributed by atoms with Gasteiger partial charge in [-0.05, 0) is 72.8 Å². The van der Waals surface area contributed by atoms with Gasteiger partial charge in [0.05, 0.1) is 0 Å². The molecule has 52 heavy (non-hydrogen) atoms. The molecular weight excluding hydrogens is 809 g/mol. The van der Waals surface area contributed by atoms with Gasteiger partial charge >= 0.3 is 0 Å². The first-order chi connectivity index (χ1) is 24.3. The van der Waals surface area contributed by atoms with E-state index in [1.807, 2.05) is 24.5 Å². The Kier molecular flexibility index (Phi) is 10.3. The molecule has 0 fully saturated rings. The van der Waals surface area contributed by atoms with Crippen LogP contribution in [0.25, 0.3) is 55.5 Å². The minimum atomic E-state index is -0.0585. The first kappa shape index (κ1) is 37.1. The third-order valence-electron chi connectivity index (χ3n) is 10.2. The van der Waals surface area contributed by atoms with Gasteiger partial charge in [-0.3, -0.25) is 0 Å². The third-order valence-corrected chi connectivity index (χ3v) is 10.2. The van der Waals surface area contributed by atoms with E-state index in [1.165, 1.54) is 55.3 Å². The van der Waals surface area contributed by atoms with E-state index in [2.05, 4.69) is 187 Å². The fourth-order valence-electron chi connectivity index (χ4n) is 7.20. The third kappa shape index (κ3) is 7.31. The van der Waals surface area contributed by atoms with Gasteiger partial charge in [0.15, 0.2) is 0 Å². The Morgan fingerprint density at radius 2 is 1.15 bits per heavy atom. The summed E-state index contributed by atoms with van der Waals surface area (Å²) in [7, 11) is 0. The van der Waals surface area contributed by atoms with Crippen molar-refractivity contribution in [2.24, 2.45) is 0 Å². The number of benzene rings is 5. The van der Waals surface area contributed by atoms with Crippen LogP contribution in [0.15, 0.2) is 134 Å². The van der Waals surface area contributed by atoms with E-state index in [0.29, 0.717) is 0 Å². The maximum atomic E-state index is 4.66. The zero-order chi connectivity index (χ0) is 36.0. The van der Waals surface area contributed by atoms with E-state index in [9.17, 15) is 0 Å². The van der Waals surface area contributed by atoms with Crippen molar-refractivity contribution in [3.63, 3.8) is 0 Å². The second-order valence-corrected chi connectivity index (χ2v) is 16.2. The number of hydrogen-bond donors (Lipinski definition) is 0. The second-order valence-electron chi connectivity index (χ2n) is 16.2. The van der Waals surface area contributed by atoms with Gasteiger partial charge in [0.1, 0.15) is 0 Å². The van der Waals surface area contributed by atoms with Gasteiger partial charge in [0, 0.05) is 32.5 Å². The first-order valence-corrected chi connectivity index (χ1v) is 17.9. The molecule has 1 radical (unpaired) electrons. The summed E-state index contributed by atoms with van der Waals surface area (Å²) in [4.78, 5) is 9.19. The molecule has 0 atom stereocenters. The molecule has 5 aromatic carbocycles.